The summed E-state index contributed by atoms with van der Waals surface area (Å²) in [6.45, 7) is 22.0. The Balaban J connectivity index is 2.05. The molecule has 0 bridgehead atoms. The van der Waals surface area contributed by atoms with Crippen LogP contribution in [0.3, 0.4) is 0 Å². The highest BCUT2D eigenvalue weighted by molar-refractivity contribution is 6.78. The van der Waals surface area contributed by atoms with Gasteiger partial charge in [0.1, 0.15) is 5.75 Å². The van der Waals surface area contributed by atoms with E-state index in [1.807, 2.05) is 12.1 Å². The van der Waals surface area contributed by atoms with E-state index in [1.54, 1.807) is 12.1 Å². The molecule has 0 aliphatic rings. The minimum absolute atomic E-state index is 0.0848. The molecule has 0 saturated heterocycles. The van der Waals surface area contributed by atoms with Crippen LogP contribution in [0.25, 0.3) is 32.3 Å². The van der Waals surface area contributed by atoms with Crippen LogP contribution in [0.5, 0.6) is 34.5 Å². The molecule has 0 aromatic heterocycles. The normalized spacial score (nSPS) is 12.2. The molecule has 0 saturated carbocycles. The quantitative estimate of drug-likeness (QED) is 0.0546. The van der Waals surface area contributed by atoms with Crippen LogP contribution >= 0.6 is 0 Å². The first kappa shape index (κ1) is 38.5. The molecule has 270 valence electrons. The zero-order chi connectivity index (χ0) is 35.7. The van der Waals surface area contributed by atoms with E-state index in [0.29, 0.717) is 47.9 Å². The highest BCUT2D eigenvalue weighted by Gasteiger charge is 2.47. The lowest BCUT2D eigenvalue weighted by Gasteiger charge is -2.42. The molecule has 4 aromatic carbocycles. The molecule has 4 rings (SSSR count). The van der Waals surface area contributed by atoms with Crippen molar-refractivity contribution in [3.8, 4) is 34.5 Å². The van der Waals surface area contributed by atoms with Crippen molar-refractivity contribution in [1.29, 1.82) is 0 Å². The predicted molar refractivity (Wildman–Crippen MR) is 209 cm³/mol. The third-order valence-electron chi connectivity index (χ3n) is 10.2. The van der Waals surface area contributed by atoms with Crippen molar-refractivity contribution >= 4 is 40.6 Å². The number of fused-ring (bicyclic) bond motifs is 6. The predicted octanol–water partition coefficient (Wildman–Crippen LogP) is 12.8. The molecule has 0 atom stereocenters. The van der Waals surface area contributed by atoms with Crippen LogP contribution in [0, 0.1) is 0 Å². The highest BCUT2D eigenvalue weighted by Crippen LogP contribution is 2.49. The Labute approximate surface area is 296 Å². The number of aromatic hydroxyl groups is 2. The number of hydrogen-bond donors (Lipinski definition) is 2. The number of unbranched alkanes of at least 4 members (excludes halogenated alkanes) is 6. The van der Waals surface area contributed by atoms with E-state index >= 15 is 0 Å². The minimum Gasteiger partial charge on any atom is -0.540 e. The monoisotopic (exact) mass is 690 g/mol. The molecule has 0 spiro atoms. The summed E-state index contributed by atoms with van der Waals surface area (Å²) in [5, 5.41) is 27.9. The second-order valence-corrected chi connectivity index (χ2v) is 20.0. The fraction of sp³-hybridized carbons (Fsp3) is 0.571. The van der Waals surface area contributed by atoms with Gasteiger partial charge in [0.2, 0.25) is 0 Å². The van der Waals surface area contributed by atoms with Gasteiger partial charge in [-0.3, -0.25) is 0 Å². The van der Waals surface area contributed by atoms with E-state index in [9.17, 15) is 10.2 Å². The molecular weight excluding hydrogens is 629 g/mol. The van der Waals surface area contributed by atoms with Crippen LogP contribution in [0.1, 0.15) is 120 Å². The van der Waals surface area contributed by atoms with Gasteiger partial charge < -0.3 is 28.8 Å². The molecule has 4 aromatic rings. The second-order valence-electron chi connectivity index (χ2n) is 14.7. The standard InChI is InChI=1S/C42H62O6Si/c1-10-13-16-19-45-39-24-33-31(22-37(39)43)32-23-38(44)40(46-20-17-14-11-2)25-34(32)36-27-42(41(26-35(33)36)47-21-18-15-12-3)48-49(28(4)5,29(6)7)30(8)9/h22-30,43-44H,10-21H2,1-9H3. The van der Waals surface area contributed by atoms with Gasteiger partial charge in [-0.05, 0) is 105 Å². The first-order valence-electron chi connectivity index (χ1n) is 19.0. The Kier molecular flexibility index (Phi) is 13.8. The number of phenolic OH excluding ortho intramolecular Hbond substituents is 2. The van der Waals surface area contributed by atoms with E-state index in [-0.39, 0.29) is 11.5 Å². The molecule has 6 nitrogen and oxygen atoms in total. The number of ether oxygens (including phenoxy) is 3. The van der Waals surface area contributed by atoms with Crippen LogP contribution < -0.4 is 18.6 Å². The number of benzene rings is 4. The summed E-state index contributed by atoms with van der Waals surface area (Å²) >= 11 is 0. The van der Waals surface area contributed by atoms with E-state index in [2.05, 4.69) is 74.4 Å². The van der Waals surface area contributed by atoms with Crippen molar-refractivity contribution in [2.75, 3.05) is 19.8 Å². The van der Waals surface area contributed by atoms with Crippen molar-refractivity contribution in [2.45, 2.75) is 137 Å². The zero-order valence-electron chi connectivity index (χ0n) is 31.7. The molecule has 0 heterocycles. The molecule has 0 radical (unpaired) electrons. The first-order chi connectivity index (χ1) is 23.5. The topological polar surface area (TPSA) is 77.4 Å². The van der Waals surface area contributed by atoms with Crippen molar-refractivity contribution in [3.63, 3.8) is 0 Å². The van der Waals surface area contributed by atoms with Crippen molar-refractivity contribution < 1.29 is 28.8 Å². The van der Waals surface area contributed by atoms with Gasteiger partial charge in [0.25, 0.3) is 8.32 Å². The van der Waals surface area contributed by atoms with E-state index < -0.39 is 8.32 Å². The maximum Gasteiger partial charge on any atom is 0.258 e. The van der Waals surface area contributed by atoms with Gasteiger partial charge in [-0.25, -0.2) is 0 Å². The largest absolute Gasteiger partial charge is 0.540 e. The van der Waals surface area contributed by atoms with Crippen LogP contribution in [0.4, 0.5) is 0 Å². The molecule has 2 N–H and O–H groups in total. The number of hydrogen-bond acceptors (Lipinski definition) is 6. The number of rotatable bonds is 20. The van der Waals surface area contributed by atoms with Gasteiger partial charge in [-0.15, -0.1) is 0 Å². The van der Waals surface area contributed by atoms with E-state index in [4.69, 9.17) is 18.6 Å². The van der Waals surface area contributed by atoms with Crippen LogP contribution in [0.2, 0.25) is 16.6 Å². The molecule has 0 aliphatic carbocycles. The number of phenols is 2. The summed E-state index contributed by atoms with van der Waals surface area (Å²) in [4.78, 5) is 0. The lowest BCUT2D eigenvalue weighted by atomic mass is 9.93. The smallest absolute Gasteiger partial charge is 0.258 e. The summed E-state index contributed by atoms with van der Waals surface area (Å²) < 4.78 is 26.3. The molecule has 49 heavy (non-hydrogen) atoms. The average molecular weight is 691 g/mol. The van der Waals surface area contributed by atoms with E-state index in [0.717, 1.165) is 102 Å². The lowest BCUT2D eigenvalue weighted by molar-refractivity contribution is 0.290. The summed E-state index contributed by atoms with van der Waals surface area (Å²) in [6, 6.07) is 11.7. The maximum atomic E-state index is 11.2. The average Bonchev–Trinajstić information content (AvgIpc) is 3.06. The van der Waals surface area contributed by atoms with Crippen LogP contribution in [0.15, 0.2) is 36.4 Å². The molecular formula is C42H62O6Si. The van der Waals surface area contributed by atoms with Gasteiger partial charge in [-0.2, -0.15) is 0 Å². The van der Waals surface area contributed by atoms with Gasteiger partial charge >= 0.3 is 0 Å². The third-order valence-corrected chi connectivity index (χ3v) is 16.2. The van der Waals surface area contributed by atoms with E-state index in [1.165, 1.54) is 0 Å². The Bertz CT molecular complexity index is 1660. The molecule has 0 unspecified atom stereocenters. The second kappa shape index (κ2) is 17.6. The fourth-order valence-electron chi connectivity index (χ4n) is 7.60. The zero-order valence-corrected chi connectivity index (χ0v) is 32.7. The van der Waals surface area contributed by atoms with Crippen molar-refractivity contribution in [1.82, 2.24) is 0 Å². The molecule has 0 fully saturated rings. The Morgan fingerprint density at radius 1 is 0.449 bits per heavy atom. The summed E-state index contributed by atoms with van der Waals surface area (Å²) in [5.41, 5.74) is 1.17. The summed E-state index contributed by atoms with van der Waals surface area (Å²) in [5.74, 6) is 2.61. The van der Waals surface area contributed by atoms with Crippen LogP contribution in [-0.2, 0) is 0 Å². The molecule has 0 aliphatic heterocycles. The Morgan fingerprint density at radius 3 is 1.10 bits per heavy atom. The van der Waals surface area contributed by atoms with Gasteiger partial charge in [0, 0.05) is 0 Å². The Morgan fingerprint density at radius 2 is 0.755 bits per heavy atom. The third kappa shape index (κ3) is 8.53. The summed E-state index contributed by atoms with van der Waals surface area (Å²) in [6.07, 6.45) is 9.35. The van der Waals surface area contributed by atoms with Gasteiger partial charge in [-0.1, -0.05) is 101 Å². The first-order valence-corrected chi connectivity index (χ1v) is 21.1. The SMILES string of the molecule is CCCCCOc1cc2c(cc1O)c1cc(O)c(OCCCCC)cc1c1cc(O[Si](C(C)C)(C(C)C)C(C)C)c(OCCCCC)cc21. The van der Waals surface area contributed by atoms with Crippen molar-refractivity contribution in [3.05, 3.63) is 36.4 Å². The Hall–Kier alpha value is -3.32. The lowest BCUT2D eigenvalue weighted by Crippen LogP contribution is -2.50. The maximum absolute atomic E-state index is 11.2. The minimum atomic E-state index is -2.34. The van der Waals surface area contributed by atoms with Gasteiger partial charge in [0.05, 0.1) is 19.8 Å². The highest BCUT2D eigenvalue weighted by atomic mass is 28.4. The fourth-order valence-corrected chi connectivity index (χ4v) is 12.9. The van der Waals surface area contributed by atoms with Crippen molar-refractivity contribution in [2.24, 2.45) is 0 Å². The van der Waals surface area contributed by atoms with Gasteiger partial charge in [0.15, 0.2) is 28.7 Å². The summed E-state index contributed by atoms with van der Waals surface area (Å²) in [7, 11) is -2.34. The van der Waals surface area contributed by atoms with Crippen LogP contribution in [-0.4, -0.2) is 38.4 Å². The molecule has 0 amide bonds. The molecule has 7 heteroatoms.